The van der Waals surface area contributed by atoms with Gasteiger partial charge in [0.1, 0.15) is 24.2 Å². The zero-order valence-corrected chi connectivity index (χ0v) is 19.8. The van der Waals surface area contributed by atoms with E-state index in [-0.39, 0.29) is 24.1 Å². The first-order valence-corrected chi connectivity index (χ1v) is 11.8. The Kier molecular flexibility index (Phi) is 7.64. The standard InChI is InChI=1S/C25H28Cl2O5/c1-3-17(30-13-19-14-31-19)11-29-18(4-2)12-32-25-21-8-6-15(26)9-22(21)24(28)20-7-5-16(27)10-23(20)25/h5-10,17-19,28H,3-4,11-14H2,1-2H3. The molecule has 0 bridgehead atoms. The second kappa shape index (κ2) is 10.4. The number of hydrogen-bond acceptors (Lipinski definition) is 5. The molecule has 5 nitrogen and oxygen atoms in total. The number of phenolic OH excluding ortho intramolecular Hbond substituents is 1. The monoisotopic (exact) mass is 478 g/mol. The number of epoxide rings is 1. The lowest BCUT2D eigenvalue weighted by Gasteiger charge is -2.22. The Morgan fingerprint density at radius 3 is 2.19 bits per heavy atom. The second-order valence-electron chi connectivity index (χ2n) is 8.05. The molecule has 1 saturated heterocycles. The number of hydrogen-bond donors (Lipinski definition) is 1. The van der Waals surface area contributed by atoms with Crippen LogP contribution in [0.5, 0.6) is 11.5 Å². The maximum Gasteiger partial charge on any atom is 0.135 e. The Morgan fingerprint density at radius 1 is 0.906 bits per heavy atom. The number of halogens is 2. The Labute approximate surface area is 198 Å². The molecule has 1 N–H and O–H groups in total. The van der Waals surface area contributed by atoms with Crippen LogP contribution < -0.4 is 4.74 Å². The molecule has 0 radical (unpaired) electrons. The van der Waals surface area contributed by atoms with Crippen molar-refractivity contribution in [3.05, 3.63) is 46.4 Å². The van der Waals surface area contributed by atoms with Gasteiger partial charge in [-0.25, -0.2) is 0 Å². The summed E-state index contributed by atoms with van der Waals surface area (Å²) in [6, 6.07) is 10.7. The van der Waals surface area contributed by atoms with E-state index >= 15 is 0 Å². The van der Waals surface area contributed by atoms with Crippen molar-refractivity contribution in [2.45, 2.75) is 45.0 Å². The Balaban J connectivity index is 1.54. The minimum atomic E-state index is -0.102. The lowest BCUT2D eigenvalue weighted by Crippen LogP contribution is -2.28. The normalized spacial score (nSPS) is 17.6. The molecule has 0 spiro atoms. The summed E-state index contributed by atoms with van der Waals surface area (Å²) in [6.07, 6.45) is 1.84. The fourth-order valence-electron chi connectivity index (χ4n) is 3.66. The molecule has 32 heavy (non-hydrogen) atoms. The number of rotatable bonds is 11. The van der Waals surface area contributed by atoms with Gasteiger partial charge in [-0.15, -0.1) is 0 Å². The maximum atomic E-state index is 10.8. The molecule has 0 amide bonds. The molecule has 3 unspecified atom stereocenters. The van der Waals surface area contributed by atoms with E-state index in [0.29, 0.717) is 46.4 Å². The molecular formula is C25H28Cl2O5. The Hall–Kier alpha value is -1.76. The highest BCUT2D eigenvalue weighted by atomic mass is 35.5. The van der Waals surface area contributed by atoms with E-state index in [0.717, 1.165) is 30.2 Å². The van der Waals surface area contributed by atoms with Crippen molar-refractivity contribution in [2.24, 2.45) is 0 Å². The van der Waals surface area contributed by atoms with Crippen LogP contribution in [-0.2, 0) is 14.2 Å². The van der Waals surface area contributed by atoms with Gasteiger partial charge < -0.3 is 24.1 Å². The van der Waals surface area contributed by atoms with E-state index in [1.165, 1.54) is 0 Å². The number of benzene rings is 3. The fourth-order valence-corrected chi connectivity index (χ4v) is 4.01. The van der Waals surface area contributed by atoms with Gasteiger partial charge in [-0.3, -0.25) is 0 Å². The van der Waals surface area contributed by atoms with Gasteiger partial charge in [0.2, 0.25) is 0 Å². The van der Waals surface area contributed by atoms with Gasteiger partial charge in [-0.05, 0) is 49.2 Å². The molecule has 1 heterocycles. The Bertz CT molecular complexity index is 1080. The van der Waals surface area contributed by atoms with E-state index in [4.69, 9.17) is 42.1 Å². The second-order valence-corrected chi connectivity index (χ2v) is 8.92. The first kappa shape index (κ1) is 23.4. The molecule has 3 atom stereocenters. The summed E-state index contributed by atoms with van der Waals surface area (Å²) < 4.78 is 23.5. The van der Waals surface area contributed by atoms with E-state index < -0.39 is 0 Å². The van der Waals surface area contributed by atoms with Crippen molar-refractivity contribution in [3.63, 3.8) is 0 Å². The third-order valence-electron chi connectivity index (χ3n) is 5.72. The SMILES string of the molecule is CCC(COc1c2ccc(Cl)cc2c(O)c2ccc(Cl)cc12)OCC(CC)OCC1CO1. The van der Waals surface area contributed by atoms with Crippen molar-refractivity contribution >= 4 is 44.7 Å². The van der Waals surface area contributed by atoms with Gasteiger partial charge >= 0.3 is 0 Å². The molecule has 0 saturated carbocycles. The lowest BCUT2D eigenvalue weighted by atomic mass is 10.0. The first-order chi connectivity index (χ1) is 15.5. The summed E-state index contributed by atoms with van der Waals surface area (Å²) in [5, 5.41) is 14.8. The smallest absolute Gasteiger partial charge is 0.135 e. The van der Waals surface area contributed by atoms with E-state index in [1.54, 1.807) is 24.3 Å². The third kappa shape index (κ3) is 5.41. The maximum absolute atomic E-state index is 10.8. The quantitative estimate of drug-likeness (QED) is 0.256. The fraction of sp³-hybridized carbons (Fsp3) is 0.440. The molecule has 0 aromatic heterocycles. The van der Waals surface area contributed by atoms with Crippen LogP contribution in [0.3, 0.4) is 0 Å². The van der Waals surface area contributed by atoms with Crippen LogP contribution in [0, 0.1) is 0 Å². The summed E-state index contributed by atoms with van der Waals surface area (Å²) in [5.41, 5.74) is 0. The average molecular weight is 479 g/mol. The van der Waals surface area contributed by atoms with Crippen LogP contribution >= 0.6 is 23.2 Å². The number of aromatic hydroxyl groups is 1. The molecule has 4 rings (SSSR count). The molecule has 0 aliphatic carbocycles. The molecule has 1 aliphatic heterocycles. The zero-order chi connectivity index (χ0) is 22.7. The highest BCUT2D eigenvalue weighted by Crippen LogP contribution is 2.43. The summed E-state index contributed by atoms with van der Waals surface area (Å²) >= 11 is 12.5. The van der Waals surface area contributed by atoms with Crippen LogP contribution in [0.15, 0.2) is 36.4 Å². The van der Waals surface area contributed by atoms with E-state index in [9.17, 15) is 5.11 Å². The van der Waals surface area contributed by atoms with Crippen LogP contribution in [-0.4, -0.2) is 49.8 Å². The van der Waals surface area contributed by atoms with Gasteiger partial charge in [0, 0.05) is 31.6 Å². The first-order valence-electron chi connectivity index (χ1n) is 11.0. The molecule has 3 aromatic carbocycles. The topological polar surface area (TPSA) is 60.5 Å². The van der Waals surface area contributed by atoms with Crippen molar-refractivity contribution in [1.82, 2.24) is 0 Å². The Morgan fingerprint density at radius 2 is 1.53 bits per heavy atom. The molecular weight excluding hydrogens is 451 g/mol. The molecule has 172 valence electrons. The van der Waals surface area contributed by atoms with Crippen molar-refractivity contribution in [2.75, 3.05) is 26.4 Å². The van der Waals surface area contributed by atoms with Crippen LogP contribution in [0.2, 0.25) is 10.0 Å². The van der Waals surface area contributed by atoms with Gasteiger partial charge in [-0.2, -0.15) is 0 Å². The summed E-state index contributed by atoms with van der Waals surface area (Å²) in [4.78, 5) is 0. The summed E-state index contributed by atoms with van der Waals surface area (Å²) in [7, 11) is 0. The third-order valence-corrected chi connectivity index (χ3v) is 6.20. The van der Waals surface area contributed by atoms with Crippen molar-refractivity contribution in [3.8, 4) is 11.5 Å². The van der Waals surface area contributed by atoms with Crippen molar-refractivity contribution in [1.29, 1.82) is 0 Å². The zero-order valence-electron chi connectivity index (χ0n) is 18.3. The molecule has 3 aromatic rings. The highest BCUT2D eigenvalue weighted by molar-refractivity contribution is 6.32. The molecule has 7 heteroatoms. The van der Waals surface area contributed by atoms with Crippen LogP contribution in [0.25, 0.3) is 21.5 Å². The van der Waals surface area contributed by atoms with Gasteiger partial charge in [0.15, 0.2) is 0 Å². The number of ether oxygens (including phenoxy) is 4. The molecule has 1 fully saturated rings. The minimum absolute atomic E-state index is 0.0320. The van der Waals surface area contributed by atoms with Gasteiger partial charge in [0.25, 0.3) is 0 Å². The predicted octanol–water partition coefficient (Wildman–Crippen LogP) is 6.37. The van der Waals surface area contributed by atoms with Crippen LogP contribution in [0.1, 0.15) is 26.7 Å². The average Bonchev–Trinajstić information content (AvgIpc) is 3.62. The summed E-state index contributed by atoms with van der Waals surface area (Å²) in [6.45, 7) is 6.42. The summed E-state index contributed by atoms with van der Waals surface area (Å²) in [5.74, 6) is 0.815. The molecule has 1 aliphatic rings. The largest absolute Gasteiger partial charge is 0.507 e. The lowest BCUT2D eigenvalue weighted by molar-refractivity contribution is -0.0593. The highest BCUT2D eigenvalue weighted by Gasteiger charge is 2.24. The van der Waals surface area contributed by atoms with Crippen molar-refractivity contribution < 1.29 is 24.1 Å². The van der Waals surface area contributed by atoms with E-state index in [2.05, 4.69) is 13.8 Å². The van der Waals surface area contributed by atoms with Gasteiger partial charge in [-0.1, -0.05) is 37.0 Å². The van der Waals surface area contributed by atoms with Crippen LogP contribution in [0.4, 0.5) is 0 Å². The minimum Gasteiger partial charge on any atom is -0.507 e. The number of phenols is 1. The predicted molar refractivity (Wildman–Crippen MR) is 128 cm³/mol. The van der Waals surface area contributed by atoms with E-state index in [1.807, 2.05) is 12.1 Å². The van der Waals surface area contributed by atoms with Gasteiger partial charge in [0.05, 0.1) is 32.0 Å². The number of fused-ring (bicyclic) bond motifs is 2.